The Hall–Kier alpha value is -2.52. The third-order valence-electron chi connectivity index (χ3n) is 3.97. The van der Waals surface area contributed by atoms with Crippen LogP contribution in [0, 0.1) is 0 Å². The zero-order valence-electron chi connectivity index (χ0n) is 15.0. The summed E-state index contributed by atoms with van der Waals surface area (Å²) in [7, 11) is 1.59. The van der Waals surface area contributed by atoms with E-state index in [9.17, 15) is 9.59 Å². The molecular weight excluding hydrogens is 344 g/mol. The van der Waals surface area contributed by atoms with Gasteiger partial charge in [0.2, 0.25) is 13.1 Å². The molecule has 0 radical (unpaired) electrons. The number of hydrogen-bond donors (Lipinski definition) is 2. The average molecular weight is 368 g/mol. The smallest absolute Gasteiger partial charge is 0.412 e. The second kappa shape index (κ2) is 8.72. The molecule has 3 atom stereocenters. The first-order valence-electron chi connectivity index (χ1n) is 8.20. The number of nitrogens with zero attached hydrogens (tertiary/aromatic N) is 1. The molecule has 0 saturated carbocycles. The van der Waals surface area contributed by atoms with E-state index in [0.717, 1.165) is 5.56 Å². The maximum absolute atomic E-state index is 12.2. The number of carbonyl (C=O) groups excluding carboxylic acids is 2. The number of fused-ring (bicyclic) bond motifs is 1. The SMILES string of the molecule is CC(OC(=O)C(N)CO)OC(=O)N(C)C(C)Cc1ccc2c(c1)OCO2. The van der Waals surface area contributed by atoms with E-state index in [1.807, 2.05) is 25.1 Å². The summed E-state index contributed by atoms with van der Waals surface area (Å²) in [5.41, 5.74) is 6.31. The molecule has 1 aromatic rings. The van der Waals surface area contributed by atoms with Crippen molar-refractivity contribution in [3.63, 3.8) is 0 Å². The molecule has 0 saturated heterocycles. The van der Waals surface area contributed by atoms with Crippen LogP contribution in [0.4, 0.5) is 4.79 Å². The van der Waals surface area contributed by atoms with Gasteiger partial charge in [0.25, 0.3) is 0 Å². The minimum Gasteiger partial charge on any atom is -0.454 e. The van der Waals surface area contributed by atoms with Crippen LogP contribution in [0.15, 0.2) is 18.2 Å². The summed E-state index contributed by atoms with van der Waals surface area (Å²) in [6.07, 6.45) is -1.19. The number of nitrogens with two attached hydrogens (primary N) is 1. The summed E-state index contributed by atoms with van der Waals surface area (Å²) >= 11 is 0. The Bertz CT molecular complexity index is 652. The van der Waals surface area contributed by atoms with Crippen molar-refractivity contribution in [2.24, 2.45) is 5.73 Å². The highest BCUT2D eigenvalue weighted by molar-refractivity contribution is 5.76. The number of likely N-dealkylation sites (N-methyl/N-ethyl adjacent to an activating group) is 1. The predicted octanol–water partition coefficient (Wildman–Crippen LogP) is 0.624. The lowest BCUT2D eigenvalue weighted by Crippen LogP contribution is -2.41. The molecule has 1 aromatic carbocycles. The van der Waals surface area contributed by atoms with E-state index in [1.54, 1.807) is 7.05 Å². The molecule has 1 aliphatic rings. The molecule has 1 heterocycles. The molecule has 0 fully saturated rings. The Balaban J connectivity index is 1.85. The van der Waals surface area contributed by atoms with Crippen molar-refractivity contribution >= 4 is 12.1 Å². The first-order valence-corrected chi connectivity index (χ1v) is 8.20. The number of ether oxygens (including phenoxy) is 4. The van der Waals surface area contributed by atoms with Gasteiger partial charge in [-0.2, -0.15) is 0 Å². The molecule has 0 aliphatic carbocycles. The summed E-state index contributed by atoms with van der Waals surface area (Å²) in [5, 5.41) is 8.80. The Labute approximate surface area is 151 Å². The monoisotopic (exact) mass is 368 g/mol. The van der Waals surface area contributed by atoms with E-state index in [4.69, 9.17) is 29.8 Å². The first kappa shape index (κ1) is 19.8. The van der Waals surface area contributed by atoms with E-state index in [2.05, 4.69) is 0 Å². The van der Waals surface area contributed by atoms with Crippen molar-refractivity contribution in [2.45, 2.75) is 38.6 Å². The van der Waals surface area contributed by atoms with Crippen molar-refractivity contribution < 1.29 is 33.6 Å². The minimum atomic E-state index is -1.17. The second-order valence-electron chi connectivity index (χ2n) is 6.03. The van der Waals surface area contributed by atoms with Crippen molar-refractivity contribution in [1.29, 1.82) is 0 Å². The Kier molecular flexibility index (Phi) is 6.64. The fourth-order valence-electron chi connectivity index (χ4n) is 2.30. The van der Waals surface area contributed by atoms with Gasteiger partial charge in [-0.3, -0.25) is 4.79 Å². The van der Waals surface area contributed by atoms with Crippen molar-refractivity contribution in [1.82, 2.24) is 4.90 Å². The molecule has 0 aromatic heterocycles. The van der Waals surface area contributed by atoms with Gasteiger partial charge in [0.1, 0.15) is 6.04 Å². The molecule has 9 heteroatoms. The zero-order chi connectivity index (χ0) is 19.3. The molecule has 0 spiro atoms. The quantitative estimate of drug-likeness (QED) is 0.531. The summed E-state index contributed by atoms with van der Waals surface area (Å²) in [6.45, 7) is 2.92. The van der Waals surface area contributed by atoms with Crippen molar-refractivity contribution in [3.05, 3.63) is 23.8 Å². The van der Waals surface area contributed by atoms with Crippen molar-refractivity contribution in [3.8, 4) is 11.5 Å². The molecule has 26 heavy (non-hydrogen) atoms. The molecule has 2 rings (SSSR count). The number of esters is 1. The number of carbonyl (C=O) groups is 2. The lowest BCUT2D eigenvalue weighted by atomic mass is 10.1. The van der Waals surface area contributed by atoms with E-state index in [0.29, 0.717) is 17.9 Å². The van der Waals surface area contributed by atoms with Crippen LogP contribution in [0.3, 0.4) is 0 Å². The third kappa shape index (κ3) is 4.99. The van der Waals surface area contributed by atoms with E-state index in [1.165, 1.54) is 11.8 Å². The minimum absolute atomic E-state index is 0.175. The number of amides is 1. The molecule has 3 unspecified atom stereocenters. The zero-order valence-corrected chi connectivity index (χ0v) is 15.0. The molecule has 0 bridgehead atoms. The number of aliphatic hydroxyl groups excluding tert-OH is 1. The van der Waals surface area contributed by atoms with E-state index in [-0.39, 0.29) is 12.8 Å². The Morgan fingerprint density at radius 2 is 1.96 bits per heavy atom. The highest BCUT2D eigenvalue weighted by Crippen LogP contribution is 2.32. The van der Waals surface area contributed by atoms with Crippen LogP contribution in [0.5, 0.6) is 11.5 Å². The van der Waals surface area contributed by atoms with E-state index >= 15 is 0 Å². The van der Waals surface area contributed by atoms with Crippen molar-refractivity contribution in [2.75, 3.05) is 20.4 Å². The highest BCUT2D eigenvalue weighted by atomic mass is 16.7. The Morgan fingerprint density at radius 1 is 1.27 bits per heavy atom. The molecule has 9 nitrogen and oxygen atoms in total. The fourth-order valence-corrected chi connectivity index (χ4v) is 2.30. The standard InChI is InChI=1S/C17H24N2O7/c1-10(6-12-4-5-14-15(7-12)24-9-23-14)19(3)17(22)26-11(2)25-16(21)13(18)8-20/h4-5,7,10-11,13,20H,6,8-9,18H2,1-3H3. The number of benzene rings is 1. The van der Waals surface area contributed by atoms with Gasteiger partial charge in [0.05, 0.1) is 6.61 Å². The molecule has 144 valence electrons. The number of rotatable bonds is 7. The van der Waals surface area contributed by atoms with Gasteiger partial charge in [-0.1, -0.05) is 6.07 Å². The van der Waals surface area contributed by atoms with Gasteiger partial charge in [0, 0.05) is 20.0 Å². The maximum atomic E-state index is 12.2. The Morgan fingerprint density at radius 3 is 2.65 bits per heavy atom. The lowest BCUT2D eigenvalue weighted by Gasteiger charge is -2.26. The van der Waals surface area contributed by atoms with Gasteiger partial charge in [-0.05, 0) is 31.0 Å². The third-order valence-corrected chi connectivity index (χ3v) is 3.97. The topological polar surface area (TPSA) is 121 Å². The van der Waals surface area contributed by atoms with Gasteiger partial charge < -0.3 is 34.7 Å². The van der Waals surface area contributed by atoms with Gasteiger partial charge >= 0.3 is 12.1 Å². The van der Waals surface area contributed by atoms with Gasteiger partial charge in [-0.25, -0.2) is 4.79 Å². The molecular formula is C17H24N2O7. The average Bonchev–Trinajstić information content (AvgIpc) is 3.07. The van der Waals surface area contributed by atoms with Gasteiger partial charge in [-0.15, -0.1) is 0 Å². The van der Waals surface area contributed by atoms with Crippen LogP contribution in [0.2, 0.25) is 0 Å². The second-order valence-corrected chi connectivity index (χ2v) is 6.03. The van der Waals surface area contributed by atoms with Gasteiger partial charge in [0.15, 0.2) is 11.5 Å². The van der Waals surface area contributed by atoms with Crippen LogP contribution >= 0.6 is 0 Å². The van der Waals surface area contributed by atoms with Crippen LogP contribution in [-0.2, 0) is 20.7 Å². The molecule has 3 N–H and O–H groups in total. The number of aliphatic hydroxyl groups is 1. The maximum Gasteiger partial charge on any atom is 0.412 e. The normalized spacial score (nSPS) is 15.7. The summed E-state index contributed by atoms with van der Waals surface area (Å²) in [5.74, 6) is 0.537. The largest absolute Gasteiger partial charge is 0.454 e. The van der Waals surface area contributed by atoms with Crippen LogP contribution < -0.4 is 15.2 Å². The molecule has 1 amide bonds. The predicted molar refractivity (Wildman–Crippen MR) is 90.6 cm³/mol. The summed E-state index contributed by atoms with van der Waals surface area (Å²) in [4.78, 5) is 25.1. The first-order chi connectivity index (χ1) is 12.3. The van der Waals surface area contributed by atoms with E-state index < -0.39 is 31.0 Å². The lowest BCUT2D eigenvalue weighted by molar-refractivity contribution is -0.168. The fraction of sp³-hybridized carbons (Fsp3) is 0.529. The number of hydrogen-bond acceptors (Lipinski definition) is 8. The van der Waals surface area contributed by atoms with Crippen LogP contribution in [0.25, 0.3) is 0 Å². The summed E-state index contributed by atoms with van der Waals surface area (Å²) < 4.78 is 20.5. The highest BCUT2D eigenvalue weighted by Gasteiger charge is 2.24. The van der Waals surface area contributed by atoms with Crippen LogP contribution in [-0.4, -0.2) is 60.9 Å². The summed E-state index contributed by atoms with van der Waals surface area (Å²) in [6, 6.07) is 4.27. The molecule has 1 aliphatic heterocycles. The van der Waals surface area contributed by atoms with Crippen LogP contribution in [0.1, 0.15) is 19.4 Å².